The van der Waals surface area contributed by atoms with Crippen molar-refractivity contribution >= 4 is 11.2 Å². The molecule has 0 atom stereocenters. The van der Waals surface area contributed by atoms with Crippen LogP contribution in [-0.2, 0) is 25.9 Å². The molecule has 10 nitrogen and oxygen atoms in total. The Labute approximate surface area is 258 Å². The third-order valence-corrected chi connectivity index (χ3v) is 8.03. The van der Waals surface area contributed by atoms with Gasteiger partial charge in [-0.05, 0) is 46.0 Å². The maximum atomic E-state index is 14.2. The van der Waals surface area contributed by atoms with E-state index < -0.39 is 5.69 Å². The molecule has 7 aromatic rings. The standard InChI is InChI=1S/C35H30N8O2/c1-2-30-36-33-31(34(44)41(22-21-24-11-5-3-6-12-24)35(45)43(33)27-13-7-4-8-14-27)42(30)23-25-17-19-26(20-18-25)28-15-9-10-16-29(28)32-37-39-40-38-32/h3-20H,2,21-23H2,1H3,(H,37,38,39,40). The van der Waals surface area contributed by atoms with Gasteiger partial charge in [0.25, 0.3) is 5.56 Å². The Bertz CT molecular complexity index is 2200. The molecule has 0 spiro atoms. The quantitative estimate of drug-likeness (QED) is 0.250. The Hall–Kier alpha value is -5.90. The van der Waals surface area contributed by atoms with Crippen LogP contribution < -0.4 is 11.2 Å². The van der Waals surface area contributed by atoms with Gasteiger partial charge in [-0.3, -0.25) is 9.36 Å². The molecule has 0 amide bonds. The highest BCUT2D eigenvalue weighted by atomic mass is 16.2. The summed E-state index contributed by atoms with van der Waals surface area (Å²) >= 11 is 0. The van der Waals surface area contributed by atoms with Gasteiger partial charge in [0, 0.05) is 25.1 Å². The van der Waals surface area contributed by atoms with E-state index in [1.165, 1.54) is 4.57 Å². The van der Waals surface area contributed by atoms with Crippen LogP contribution in [0.25, 0.3) is 39.4 Å². The summed E-state index contributed by atoms with van der Waals surface area (Å²) in [4.78, 5) is 33.0. The maximum absolute atomic E-state index is 14.2. The highest BCUT2D eigenvalue weighted by Crippen LogP contribution is 2.30. The second-order valence-corrected chi connectivity index (χ2v) is 10.8. The van der Waals surface area contributed by atoms with Gasteiger partial charge in [-0.1, -0.05) is 104 Å². The average Bonchev–Trinajstić information content (AvgIpc) is 3.75. The summed E-state index contributed by atoms with van der Waals surface area (Å²) in [6.45, 7) is 2.69. The number of aryl methyl sites for hydroxylation is 2. The molecule has 0 unspecified atom stereocenters. The summed E-state index contributed by atoms with van der Waals surface area (Å²) in [6.07, 6.45) is 1.15. The summed E-state index contributed by atoms with van der Waals surface area (Å²) in [6, 6.07) is 35.4. The van der Waals surface area contributed by atoms with Crippen molar-refractivity contribution in [1.82, 2.24) is 39.3 Å². The first-order chi connectivity index (χ1) is 22.1. The van der Waals surface area contributed by atoms with Gasteiger partial charge < -0.3 is 4.57 Å². The Morgan fingerprint density at radius 2 is 1.42 bits per heavy atom. The average molecular weight is 595 g/mol. The number of tetrazole rings is 1. The smallest absolute Gasteiger partial charge is 0.318 e. The number of nitrogens with one attached hydrogen (secondary N) is 1. The fourth-order valence-corrected chi connectivity index (χ4v) is 5.79. The number of fused-ring (bicyclic) bond motifs is 1. The zero-order valence-electron chi connectivity index (χ0n) is 24.7. The van der Waals surface area contributed by atoms with Gasteiger partial charge in [-0.2, -0.15) is 5.21 Å². The molecule has 0 aliphatic carbocycles. The van der Waals surface area contributed by atoms with E-state index in [-0.39, 0.29) is 12.1 Å². The highest BCUT2D eigenvalue weighted by Gasteiger charge is 2.22. The molecule has 10 heteroatoms. The van der Waals surface area contributed by atoms with E-state index in [0.717, 1.165) is 33.6 Å². The minimum Gasteiger partial charge on any atom is -0.318 e. The van der Waals surface area contributed by atoms with Crippen molar-refractivity contribution < 1.29 is 0 Å². The molecule has 4 aromatic carbocycles. The number of para-hydroxylation sites is 1. The molecule has 7 rings (SSSR count). The predicted molar refractivity (Wildman–Crippen MR) is 173 cm³/mol. The summed E-state index contributed by atoms with van der Waals surface area (Å²) in [7, 11) is 0. The largest absolute Gasteiger partial charge is 0.337 e. The third-order valence-electron chi connectivity index (χ3n) is 8.03. The van der Waals surface area contributed by atoms with Crippen molar-refractivity contribution in [3.05, 3.63) is 147 Å². The molecule has 45 heavy (non-hydrogen) atoms. The van der Waals surface area contributed by atoms with Gasteiger partial charge in [0.1, 0.15) is 5.82 Å². The topological polar surface area (TPSA) is 116 Å². The molecule has 3 aromatic heterocycles. The van der Waals surface area contributed by atoms with Crippen molar-refractivity contribution in [1.29, 1.82) is 0 Å². The zero-order valence-corrected chi connectivity index (χ0v) is 24.7. The van der Waals surface area contributed by atoms with Gasteiger partial charge in [0.05, 0.1) is 5.69 Å². The van der Waals surface area contributed by atoms with Gasteiger partial charge in [0.2, 0.25) is 5.82 Å². The number of hydrogen-bond donors (Lipinski definition) is 1. The number of nitrogens with zero attached hydrogens (tertiary/aromatic N) is 7. The summed E-state index contributed by atoms with van der Waals surface area (Å²) in [5.41, 5.74) is 5.64. The predicted octanol–water partition coefficient (Wildman–Crippen LogP) is 5.05. The van der Waals surface area contributed by atoms with E-state index in [4.69, 9.17) is 4.98 Å². The van der Waals surface area contributed by atoms with Crippen LogP contribution in [0.1, 0.15) is 23.9 Å². The molecule has 0 aliphatic rings. The van der Waals surface area contributed by atoms with Gasteiger partial charge in [0.15, 0.2) is 11.2 Å². The normalized spacial score (nSPS) is 11.3. The zero-order chi connectivity index (χ0) is 30.8. The Morgan fingerprint density at radius 3 is 2.11 bits per heavy atom. The highest BCUT2D eigenvalue weighted by molar-refractivity contribution is 5.80. The first-order valence-corrected chi connectivity index (χ1v) is 14.9. The number of rotatable bonds is 9. The molecule has 3 heterocycles. The number of benzene rings is 4. The van der Waals surface area contributed by atoms with Crippen molar-refractivity contribution in [2.75, 3.05) is 0 Å². The van der Waals surface area contributed by atoms with E-state index in [0.29, 0.717) is 42.1 Å². The van der Waals surface area contributed by atoms with Crippen LogP contribution in [0.15, 0.2) is 119 Å². The molecule has 0 bridgehead atoms. The molecule has 0 saturated heterocycles. The molecule has 0 saturated carbocycles. The van der Waals surface area contributed by atoms with Crippen LogP contribution in [0.4, 0.5) is 0 Å². The van der Waals surface area contributed by atoms with Crippen molar-refractivity contribution in [2.45, 2.75) is 32.9 Å². The van der Waals surface area contributed by atoms with E-state index in [1.54, 1.807) is 4.57 Å². The van der Waals surface area contributed by atoms with Crippen molar-refractivity contribution in [3.8, 4) is 28.2 Å². The van der Waals surface area contributed by atoms with Crippen LogP contribution in [-0.4, -0.2) is 39.3 Å². The van der Waals surface area contributed by atoms with Crippen LogP contribution in [0.3, 0.4) is 0 Å². The van der Waals surface area contributed by atoms with Crippen LogP contribution in [0, 0.1) is 0 Å². The second-order valence-electron chi connectivity index (χ2n) is 10.8. The molecule has 222 valence electrons. The van der Waals surface area contributed by atoms with Gasteiger partial charge >= 0.3 is 5.69 Å². The van der Waals surface area contributed by atoms with Crippen molar-refractivity contribution in [3.63, 3.8) is 0 Å². The van der Waals surface area contributed by atoms with Crippen LogP contribution in [0.2, 0.25) is 0 Å². The molecule has 0 aliphatic heterocycles. The van der Waals surface area contributed by atoms with Crippen molar-refractivity contribution in [2.24, 2.45) is 0 Å². The maximum Gasteiger partial charge on any atom is 0.337 e. The lowest BCUT2D eigenvalue weighted by molar-refractivity contribution is 0.615. The van der Waals surface area contributed by atoms with E-state index >= 15 is 0 Å². The first kappa shape index (κ1) is 27.9. The van der Waals surface area contributed by atoms with Gasteiger partial charge in [-0.15, -0.1) is 10.2 Å². The molecular formula is C35H30N8O2. The van der Waals surface area contributed by atoms with Crippen LogP contribution >= 0.6 is 0 Å². The number of imidazole rings is 1. The number of H-pyrrole nitrogens is 1. The lowest BCUT2D eigenvalue weighted by atomic mass is 9.98. The number of hydrogen-bond acceptors (Lipinski definition) is 6. The lowest BCUT2D eigenvalue weighted by Gasteiger charge is -2.14. The summed E-state index contributed by atoms with van der Waals surface area (Å²) < 4.78 is 4.87. The fourth-order valence-electron chi connectivity index (χ4n) is 5.79. The van der Waals surface area contributed by atoms with E-state index in [1.807, 2.05) is 96.4 Å². The van der Waals surface area contributed by atoms with Crippen LogP contribution in [0.5, 0.6) is 0 Å². The monoisotopic (exact) mass is 594 g/mol. The molecular weight excluding hydrogens is 564 g/mol. The Balaban J connectivity index is 1.32. The second kappa shape index (κ2) is 12.0. The first-order valence-electron chi connectivity index (χ1n) is 14.9. The number of aromatic amines is 1. The Morgan fingerprint density at radius 1 is 0.733 bits per heavy atom. The Kier molecular flexibility index (Phi) is 7.44. The number of aromatic nitrogens is 8. The van der Waals surface area contributed by atoms with E-state index in [9.17, 15) is 9.59 Å². The minimum atomic E-state index is -0.397. The molecule has 0 fully saturated rings. The third kappa shape index (κ3) is 5.27. The van der Waals surface area contributed by atoms with E-state index in [2.05, 4.69) is 44.9 Å². The summed E-state index contributed by atoms with van der Waals surface area (Å²) in [5.74, 6) is 1.26. The molecule has 0 radical (unpaired) electrons. The minimum absolute atomic E-state index is 0.256. The summed E-state index contributed by atoms with van der Waals surface area (Å²) in [5, 5.41) is 14.5. The fraction of sp³-hybridized carbons (Fsp3) is 0.143. The lowest BCUT2D eigenvalue weighted by Crippen LogP contribution is -2.40. The SMILES string of the molecule is CCc1nc2c(c(=O)n(CCc3ccccc3)c(=O)n2-c2ccccc2)n1Cc1ccc(-c2ccccc2-c2nn[nH]n2)cc1. The molecule has 1 N–H and O–H groups in total. The van der Waals surface area contributed by atoms with Gasteiger partial charge in [-0.25, -0.2) is 14.3 Å².